The van der Waals surface area contributed by atoms with Crippen LogP contribution in [0.15, 0.2) is 30.3 Å². The molecule has 0 aliphatic carbocycles. The second-order valence-corrected chi connectivity index (χ2v) is 5.17. The maximum absolute atomic E-state index is 13.3. The Hall–Kier alpha value is -0.470. The van der Waals surface area contributed by atoms with Gasteiger partial charge < -0.3 is 0 Å². The van der Waals surface area contributed by atoms with Gasteiger partial charge in [-0.3, -0.25) is 0 Å². The van der Waals surface area contributed by atoms with Crippen molar-refractivity contribution in [3.8, 4) is 11.1 Å². The predicted molar refractivity (Wildman–Crippen MR) is 76.4 cm³/mol. The Morgan fingerprint density at radius 1 is 0.944 bits per heavy atom. The largest absolute Gasteiger partial charge is 0.207 e. The van der Waals surface area contributed by atoms with Gasteiger partial charge in [-0.2, -0.15) is 0 Å². The molecule has 0 saturated carbocycles. The van der Waals surface area contributed by atoms with Crippen molar-refractivity contribution in [3.63, 3.8) is 0 Å². The van der Waals surface area contributed by atoms with Gasteiger partial charge in [-0.25, -0.2) is 4.39 Å². The summed E-state index contributed by atoms with van der Waals surface area (Å²) in [6, 6.07) is 7.50. The van der Waals surface area contributed by atoms with Crippen molar-refractivity contribution in [1.82, 2.24) is 0 Å². The van der Waals surface area contributed by atoms with E-state index in [4.69, 9.17) is 46.4 Å². The lowest BCUT2D eigenvalue weighted by molar-refractivity contribution is 0.628. The molecule has 0 heterocycles. The molecule has 2 aromatic carbocycles. The van der Waals surface area contributed by atoms with Crippen molar-refractivity contribution >= 4 is 46.4 Å². The average Bonchev–Trinajstić information content (AvgIpc) is 2.33. The minimum absolute atomic E-state index is 0.246. The van der Waals surface area contributed by atoms with Crippen molar-refractivity contribution in [2.24, 2.45) is 0 Å². The van der Waals surface area contributed by atoms with E-state index < -0.39 is 0 Å². The molecule has 0 bridgehead atoms. The maximum atomic E-state index is 13.3. The summed E-state index contributed by atoms with van der Waals surface area (Å²) >= 11 is 23.9. The van der Waals surface area contributed by atoms with E-state index in [1.54, 1.807) is 12.1 Å². The molecule has 94 valence electrons. The van der Waals surface area contributed by atoms with Crippen molar-refractivity contribution in [3.05, 3.63) is 56.8 Å². The van der Waals surface area contributed by atoms with E-state index in [1.807, 2.05) is 0 Å². The molecule has 0 aliphatic rings. The van der Waals surface area contributed by atoms with E-state index in [0.29, 0.717) is 26.2 Å². The lowest BCUT2D eigenvalue weighted by atomic mass is 10.0. The quantitative estimate of drug-likeness (QED) is 0.456. The zero-order valence-electron chi connectivity index (χ0n) is 8.98. The molecule has 0 nitrogen and oxygen atoms in total. The normalized spacial score (nSPS) is 10.7. The van der Waals surface area contributed by atoms with Gasteiger partial charge in [0.05, 0.1) is 10.0 Å². The topological polar surface area (TPSA) is 0 Å². The number of rotatable bonds is 2. The van der Waals surface area contributed by atoms with Crippen LogP contribution < -0.4 is 0 Å². The Kier molecular flexibility index (Phi) is 4.39. The highest BCUT2D eigenvalue weighted by Crippen LogP contribution is 2.38. The highest BCUT2D eigenvalue weighted by atomic mass is 35.5. The third kappa shape index (κ3) is 2.75. The zero-order valence-corrected chi connectivity index (χ0v) is 12.0. The fourth-order valence-corrected chi connectivity index (χ4v) is 2.61. The fraction of sp³-hybridized carbons (Fsp3) is 0.0769. The number of hydrogen-bond donors (Lipinski definition) is 0. The average molecular weight is 324 g/mol. The fourth-order valence-electron chi connectivity index (χ4n) is 1.67. The molecule has 0 amide bonds. The van der Waals surface area contributed by atoms with Gasteiger partial charge in [0.1, 0.15) is 5.82 Å². The van der Waals surface area contributed by atoms with Gasteiger partial charge in [0.25, 0.3) is 0 Å². The molecule has 0 atom stereocenters. The van der Waals surface area contributed by atoms with Crippen LogP contribution in [-0.2, 0) is 5.88 Å². The molecule has 5 heteroatoms. The van der Waals surface area contributed by atoms with Gasteiger partial charge in [-0.05, 0) is 35.4 Å². The first-order valence-corrected chi connectivity index (χ1v) is 6.69. The summed E-state index contributed by atoms with van der Waals surface area (Å²) in [5.41, 5.74) is 1.93. The summed E-state index contributed by atoms with van der Waals surface area (Å²) in [6.45, 7) is 0. The minimum atomic E-state index is -0.369. The summed E-state index contributed by atoms with van der Waals surface area (Å²) in [7, 11) is 0. The molecule has 0 unspecified atom stereocenters. The maximum Gasteiger partial charge on any atom is 0.123 e. The highest BCUT2D eigenvalue weighted by molar-refractivity contribution is 6.45. The van der Waals surface area contributed by atoms with Crippen LogP contribution in [0.5, 0.6) is 0 Å². The first-order valence-electron chi connectivity index (χ1n) is 5.02. The molecule has 0 radical (unpaired) electrons. The number of alkyl halides is 1. The van der Waals surface area contributed by atoms with Crippen LogP contribution >= 0.6 is 46.4 Å². The van der Waals surface area contributed by atoms with E-state index in [9.17, 15) is 4.39 Å². The summed E-state index contributed by atoms with van der Waals surface area (Å²) < 4.78 is 13.3. The molecule has 2 aromatic rings. The number of halogens is 5. The molecule has 0 fully saturated rings. The first-order chi connectivity index (χ1) is 8.52. The standard InChI is InChI=1S/C13H7Cl4F/c14-6-7-1-2-9(18)5-10(7)11-3-8(15)4-12(16)13(11)17/h1-5H,6H2. The summed E-state index contributed by atoms with van der Waals surface area (Å²) in [5, 5.41) is 1.09. The van der Waals surface area contributed by atoms with E-state index in [2.05, 4.69) is 0 Å². The highest BCUT2D eigenvalue weighted by Gasteiger charge is 2.13. The van der Waals surface area contributed by atoms with E-state index in [0.717, 1.165) is 5.56 Å². The molecule has 0 aliphatic heterocycles. The molecule has 2 rings (SSSR count). The minimum Gasteiger partial charge on any atom is -0.207 e. The lowest BCUT2D eigenvalue weighted by Gasteiger charge is -2.11. The Morgan fingerprint density at radius 2 is 1.67 bits per heavy atom. The first kappa shape index (κ1) is 14.0. The molecule has 0 saturated heterocycles. The zero-order chi connectivity index (χ0) is 13.3. The van der Waals surface area contributed by atoms with Crippen LogP contribution in [0.2, 0.25) is 15.1 Å². The van der Waals surface area contributed by atoms with E-state index >= 15 is 0 Å². The van der Waals surface area contributed by atoms with Gasteiger partial charge in [-0.1, -0.05) is 40.9 Å². The van der Waals surface area contributed by atoms with Gasteiger partial charge in [-0.15, -0.1) is 11.6 Å². The van der Waals surface area contributed by atoms with Crippen molar-refractivity contribution in [2.45, 2.75) is 5.88 Å². The van der Waals surface area contributed by atoms with Gasteiger partial charge >= 0.3 is 0 Å². The summed E-state index contributed by atoms with van der Waals surface area (Å²) in [4.78, 5) is 0. The number of benzene rings is 2. The van der Waals surface area contributed by atoms with Gasteiger partial charge in [0.15, 0.2) is 0 Å². The van der Waals surface area contributed by atoms with Crippen LogP contribution in [0.3, 0.4) is 0 Å². The van der Waals surface area contributed by atoms with Crippen LogP contribution in [-0.4, -0.2) is 0 Å². The van der Waals surface area contributed by atoms with Crippen LogP contribution in [0.25, 0.3) is 11.1 Å². The third-order valence-electron chi connectivity index (χ3n) is 2.50. The number of hydrogen-bond acceptors (Lipinski definition) is 0. The summed E-state index contributed by atoms with van der Waals surface area (Å²) in [6.07, 6.45) is 0. The van der Waals surface area contributed by atoms with Gasteiger partial charge in [0, 0.05) is 16.5 Å². The van der Waals surface area contributed by atoms with Crippen LogP contribution in [0.1, 0.15) is 5.56 Å². The Labute approximate surface area is 124 Å². The molecule has 0 aromatic heterocycles. The molecule has 18 heavy (non-hydrogen) atoms. The Bertz CT molecular complexity index is 596. The SMILES string of the molecule is Fc1ccc(CCl)c(-c2cc(Cl)cc(Cl)c2Cl)c1. The smallest absolute Gasteiger partial charge is 0.123 e. The monoisotopic (exact) mass is 322 g/mol. The van der Waals surface area contributed by atoms with Crippen LogP contribution in [0.4, 0.5) is 4.39 Å². The van der Waals surface area contributed by atoms with E-state index in [-0.39, 0.29) is 11.7 Å². The lowest BCUT2D eigenvalue weighted by Crippen LogP contribution is -1.90. The molecular weight excluding hydrogens is 317 g/mol. The third-order valence-corrected chi connectivity index (χ3v) is 3.81. The summed E-state index contributed by atoms with van der Waals surface area (Å²) in [5.74, 6) is -0.123. The Balaban J connectivity index is 2.72. The molecule has 0 N–H and O–H groups in total. The van der Waals surface area contributed by atoms with Gasteiger partial charge in [0.2, 0.25) is 0 Å². The van der Waals surface area contributed by atoms with E-state index in [1.165, 1.54) is 18.2 Å². The predicted octanol–water partition coefficient (Wildman–Crippen LogP) is 6.19. The Morgan fingerprint density at radius 3 is 2.33 bits per heavy atom. The van der Waals surface area contributed by atoms with Crippen LogP contribution in [0, 0.1) is 5.82 Å². The molecular formula is C13H7Cl4F. The molecule has 0 spiro atoms. The second-order valence-electron chi connectivity index (χ2n) is 3.68. The van der Waals surface area contributed by atoms with Crippen molar-refractivity contribution in [2.75, 3.05) is 0 Å². The van der Waals surface area contributed by atoms with Crippen molar-refractivity contribution < 1.29 is 4.39 Å². The van der Waals surface area contributed by atoms with Crippen molar-refractivity contribution in [1.29, 1.82) is 0 Å². The second kappa shape index (κ2) is 5.66.